The molecule has 51 heavy (non-hydrogen) atoms. The Morgan fingerprint density at radius 3 is 2.55 bits per heavy atom. The lowest BCUT2D eigenvalue weighted by molar-refractivity contribution is 0.278. The maximum Gasteiger partial charge on any atom is 0.135 e. The highest BCUT2D eigenvalue weighted by atomic mass is 32.1. The van der Waals surface area contributed by atoms with Gasteiger partial charge in [0.1, 0.15) is 23.0 Å². The highest BCUT2D eigenvalue weighted by Gasteiger charge is 2.37. The van der Waals surface area contributed by atoms with Crippen molar-refractivity contribution in [2.24, 2.45) is 11.7 Å². The average Bonchev–Trinajstić information content (AvgIpc) is 3.87. The summed E-state index contributed by atoms with van der Waals surface area (Å²) in [4.78, 5) is 0. The van der Waals surface area contributed by atoms with Crippen LogP contribution in [0.2, 0.25) is 0 Å². The number of hydrogen-bond acceptors (Lipinski definition) is 6. The standard InChI is InChI=1S/C45H37N3O2S/c46-44(48-45(47-26-27-10-2-1-3-11-27)35-17-9-16-34-32-13-5-7-19-41(32)51-43(34)35)29-21-23-40-37(25-29)36-24-28(20-22-39(36)49-40)30-14-8-15-33-31-12-4-6-18-38(31)50-42(30)33/h1-10,12-25,27,33,42,44-45,47-48H,11,26,46H2. The van der Waals surface area contributed by atoms with Crippen molar-refractivity contribution >= 4 is 59.0 Å². The van der Waals surface area contributed by atoms with Gasteiger partial charge in [0.2, 0.25) is 0 Å². The van der Waals surface area contributed by atoms with E-state index in [1.165, 1.54) is 36.9 Å². The normalized spacial score (nSPS) is 20.5. The summed E-state index contributed by atoms with van der Waals surface area (Å²) in [6.07, 6.45) is 15.8. The highest BCUT2D eigenvalue weighted by Crippen LogP contribution is 2.46. The zero-order valence-corrected chi connectivity index (χ0v) is 28.8. The molecule has 3 heterocycles. The molecule has 0 amide bonds. The van der Waals surface area contributed by atoms with Crippen LogP contribution in [0.1, 0.15) is 46.9 Å². The lowest BCUT2D eigenvalue weighted by Gasteiger charge is -2.27. The summed E-state index contributed by atoms with van der Waals surface area (Å²) in [7, 11) is 0. The SMILES string of the molecule is NC(NC(NCC1C=CC=CC1)c1cccc2c1sc1ccccc12)c1ccc2oc3ccc(C4=CC=CC5c6ccccc6OC45)cc3c2c1. The number of nitrogens with two attached hydrogens (primary N) is 1. The van der Waals surface area contributed by atoms with Crippen LogP contribution in [0.3, 0.4) is 0 Å². The highest BCUT2D eigenvalue weighted by molar-refractivity contribution is 7.26. The molecule has 1 aliphatic heterocycles. The van der Waals surface area contributed by atoms with Gasteiger partial charge in [-0.25, -0.2) is 0 Å². The Morgan fingerprint density at radius 1 is 0.784 bits per heavy atom. The van der Waals surface area contributed by atoms with E-state index in [1.54, 1.807) is 0 Å². The van der Waals surface area contributed by atoms with Crippen molar-refractivity contribution in [3.63, 3.8) is 0 Å². The monoisotopic (exact) mass is 683 g/mol. The van der Waals surface area contributed by atoms with Crippen LogP contribution in [0.4, 0.5) is 0 Å². The summed E-state index contributed by atoms with van der Waals surface area (Å²) in [6.45, 7) is 0.836. The van der Waals surface area contributed by atoms with Gasteiger partial charge < -0.3 is 14.9 Å². The maximum absolute atomic E-state index is 7.08. The Morgan fingerprint density at radius 2 is 1.63 bits per heavy atom. The topological polar surface area (TPSA) is 72.5 Å². The fourth-order valence-electron chi connectivity index (χ4n) is 8.08. The molecule has 0 radical (unpaired) electrons. The maximum atomic E-state index is 7.08. The van der Waals surface area contributed by atoms with Gasteiger partial charge in [-0.05, 0) is 59.9 Å². The van der Waals surface area contributed by atoms with Gasteiger partial charge in [0, 0.05) is 60.1 Å². The van der Waals surface area contributed by atoms with Crippen LogP contribution < -0.4 is 21.1 Å². The van der Waals surface area contributed by atoms with Crippen LogP contribution >= 0.6 is 11.3 Å². The zero-order chi connectivity index (χ0) is 33.9. The molecule has 0 spiro atoms. The third kappa shape index (κ3) is 5.34. The van der Waals surface area contributed by atoms with E-state index in [-0.39, 0.29) is 18.2 Å². The first-order valence-corrected chi connectivity index (χ1v) is 18.6. The van der Waals surface area contributed by atoms with Crippen LogP contribution in [0.15, 0.2) is 150 Å². The summed E-state index contributed by atoms with van der Waals surface area (Å²) in [5.74, 6) is 1.60. The second-order valence-corrected chi connectivity index (χ2v) is 14.8. The quantitative estimate of drug-likeness (QED) is 0.139. The molecule has 0 saturated heterocycles. The summed E-state index contributed by atoms with van der Waals surface area (Å²) in [6, 6.07) is 36.5. The Balaban J connectivity index is 0.984. The molecular formula is C45H37N3O2S. The minimum absolute atomic E-state index is 0.0499. The Kier molecular flexibility index (Phi) is 7.50. The number of furan rings is 1. The molecule has 5 atom stereocenters. The molecule has 0 saturated carbocycles. The number of fused-ring (bicyclic) bond motifs is 9. The van der Waals surface area contributed by atoms with Crippen molar-refractivity contribution in [1.29, 1.82) is 0 Å². The van der Waals surface area contributed by atoms with E-state index in [9.17, 15) is 0 Å². The van der Waals surface area contributed by atoms with Crippen molar-refractivity contribution in [1.82, 2.24) is 10.6 Å². The van der Waals surface area contributed by atoms with Gasteiger partial charge in [-0.1, -0.05) is 109 Å². The molecule has 250 valence electrons. The van der Waals surface area contributed by atoms with Crippen LogP contribution in [-0.4, -0.2) is 12.6 Å². The van der Waals surface area contributed by atoms with Crippen molar-refractivity contribution < 1.29 is 9.15 Å². The van der Waals surface area contributed by atoms with Gasteiger partial charge in [0.05, 0.1) is 12.3 Å². The van der Waals surface area contributed by atoms with E-state index in [0.717, 1.165) is 51.8 Å². The van der Waals surface area contributed by atoms with Gasteiger partial charge in [0.15, 0.2) is 0 Å². The third-order valence-corrected chi connectivity index (χ3v) is 11.9. The summed E-state index contributed by atoms with van der Waals surface area (Å²) in [5.41, 5.74) is 14.6. The molecule has 4 N–H and O–H groups in total. The van der Waals surface area contributed by atoms with E-state index in [0.29, 0.717) is 5.92 Å². The number of ether oxygens (including phenoxy) is 1. The number of rotatable bonds is 8. The molecule has 5 unspecified atom stereocenters. The smallest absolute Gasteiger partial charge is 0.135 e. The van der Waals surface area contributed by atoms with Crippen LogP contribution in [0.5, 0.6) is 5.75 Å². The zero-order valence-electron chi connectivity index (χ0n) is 28.0. The van der Waals surface area contributed by atoms with Crippen LogP contribution in [0, 0.1) is 5.92 Å². The molecule has 6 heteroatoms. The Hall–Kier alpha value is -5.24. The van der Waals surface area contributed by atoms with Gasteiger partial charge >= 0.3 is 0 Å². The molecule has 0 fully saturated rings. The number of benzene rings is 5. The van der Waals surface area contributed by atoms with Gasteiger partial charge in [-0.15, -0.1) is 11.3 Å². The summed E-state index contributed by atoms with van der Waals surface area (Å²) >= 11 is 1.84. The molecule has 5 nitrogen and oxygen atoms in total. The first-order valence-electron chi connectivity index (χ1n) is 17.8. The minimum Gasteiger partial charge on any atom is -0.484 e. The molecule has 0 bridgehead atoms. The lowest BCUT2D eigenvalue weighted by Crippen LogP contribution is -2.41. The van der Waals surface area contributed by atoms with Crippen molar-refractivity contribution in [3.05, 3.63) is 168 Å². The first-order chi connectivity index (χ1) is 25.2. The fourth-order valence-corrected chi connectivity index (χ4v) is 9.33. The largest absolute Gasteiger partial charge is 0.484 e. The number of hydrogen-bond donors (Lipinski definition) is 3. The van der Waals surface area contributed by atoms with Crippen LogP contribution in [0.25, 0.3) is 47.7 Å². The van der Waals surface area contributed by atoms with E-state index in [1.807, 2.05) is 17.4 Å². The minimum atomic E-state index is -0.427. The molecule has 10 rings (SSSR count). The molecule has 2 aliphatic carbocycles. The molecule has 5 aromatic carbocycles. The average molecular weight is 684 g/mol. The Bertz CT molecular complexity index is 2590. The van der Waals surface area contributed by atoms with Gasteiger partial charge in [0.25, 0.3) is 0 Å². The second-order valence-electron chi connectivity index (χ2n) is 13.8. The summed E-state index contributed by atoms with van der Waals surface area (Å²) in [5, 5.41) is 12.3. The van der Waals surface area contributed by atoms with E-state index >= 15 is 0 Å². The van der Waals surface area contributed by atoms with Gasteiger partial charge in [-0.3, -0.25) is 10.6 Å². The molecule has 3 aliphatic rings. The van der Waals surface area contributed by atoms with Crippen LogP contribution in [-0.2, 0) is 0 Å². The second kappa shape index (κ2) is 12.5. The summed E-state index contributed by atoms with van der Waals surface area (Å²) < 4.78 is 15.4. The molecule has 2 aromatic heterocycles. The lowest BCUT2D eigenvalue weighted by atomic mass is 9.84. The molecule has 7 aromatic rings. The van der Waals surface area contributed by atoms with E-state index < -0.39 is 6.17 Å². The third-order valence-electron chi connectivity index (χ3n) is 10.7. The predicted octanol–water partition coefficient (Wildman–Crippen LogP) is 10.4. The predicted molar refractivity (Wildman–Crippen MR) is 211 cm³/mol. The molecular weight excluding hydrogens is 647 g/mol. The van der Waals surface area contributed by atoms with E-state index in [4.69, 9.17) is 14.9 Å². The van der Waals surface area contributed by atoms with Gasteiger partial charge in [-0.2, -0.15) is 0 Å². The van der Waals surface area contributed by atoms with Crippen molar-refractivity contribution in [2.45, 2.75) is 30.8 Å². The first kappa shape index (κ1) is 30.6. The number of para-hydroxylation sites is 1. The van der Waals surface area contributed by atoms with E-state index in [2.05, 4.69) is 150 Å². The fraction of sp³-hybridized carbons (Fsp3) is 0.156. The Labute approximate surface area is 300 Å². The number of thiophene rings is 1. The van der Waals surface area contributed by atoms with Crippen molar-refractivity contribution in [3.8, 4) is 5.75 Å². The number of allylic oxidation sites excluding steroid dienone is 5. The number of nitrogens with one attached hydrogen (secondary N) is 2. The van der Waals surface area contributed by atoms with Crippen molar-refractivity contribution in [2.75, 3.05) is 6.54 Å².